The summed E-state index contributed by atoms with van der Waals surface area (Å²) >= 11 is 0. The monoisotopic (exact) mass is 267 g/mol. The van der Waals surface area contributed by atoms with E-state index in [4.69, 9.17) is 0 Å². The molecule has 0 heterocycles. The second-order valence-electron chi connectivity index (χ2n) is 5.73. The van der Waals surface area contributed by atoms with Crippen LogP contribution in [0.25, 0.3) is 0 Å². The van der Waals surface area contributed by atoms with Gasteiger partial charge in [-0.15, -0.1) is 0 Å². The van der Waals surface area contributed by atoms with Crippen molar-refractivity contribution in [3.63, 3.8) is 0 Å². The second-order valence-corrected chi connectivity index (χ2v) is 5.73. The predicted octanol–water partition coefficient (Wildman–Crippen LogP) is 4.51. The molecule has 0 saturated carbocycles. The minimum absolute atomic E-state index is 0.427. The van der Waals surface area contributed by atoms with Gasteiger partial charge in [0, 0.05) is 6.04 Å². The van der Waals surface area contributed by atoms with Crippen LogP contribution in [0, 0.1) is 20.8 Å². The van der Waals surface area contributed by atoms with Crippen LogP contribution in [0.3, 0.4) is 0 Å². The Bertz CT molecular complexity index is 572. The Balaban J connectivity index is 2.09. The van der Waals surface area contributed by atoms with E-state index in [0.717, 1.165) is 12.8 Å². The van der Waals surface area contributed by atoms with Crippen molar-refractivity contribution < 1.29 is 0 Å². The molecular formula is C19H25N. The zero-order valence-electron chi connectivity index (χ0n) is 13.0. The van der Waals surface area contributed by atoms with E-state index in [2.05, 4.69) is 75.6 Å². The molecular weight excluding hydrogens is 242 g/mol. The zero-order valence-corrected chi connectivity index (χ0v) is 13.0. The standard InChI is InChI=1S/C19H25N/c1-14-6-5-7-17(13-14)9-11-19(20-4)18-10-8-15(2)12-16(18)3/h5-8,10,12-13,19-20H,9,11H2,1-4H3. The van der Waals surface area contributed by atoms with E-state index >= 15 is 0 Å². The molecule has 1 atom stereocenters. The third kappa shape index (κ3) is 3.71. The topological polar surface area (TPSA) is 12.0 Å². The summed E-state index contributed by atoms with van der Waals surface area (Å²) in [5, 5.41) is 3.46. The van der Waals surface area contributed by atoms with Crippen LogP contribution in [-0.4, -0.2) is 7.05 Å². The van der Waals surface area contributed by atoms with E-state index in [0.29, 0.717) is 6.04 Å². The Morgan fingerprint density at radius 2 is 1.70 bits per heavy atom. The predicted molar refractivity (Wildman–Crippen MR) is 87.2 cm³/mol. The molecule has 0 spiro atoms. The lowest BCUT2D eigenvalue weighted by Crippen LogP contribution is -2.18. The summed E-state index contributed by atoms with van der Waals surface area (Å²) in [6.07, 6.45) is 2.24. The third-order valence-electron chi connectivity index (χ3n) is 3.95. The first-order valence-electron chi connectivity index (χ1n) is 7.40. The lowest BCUT2D eigenvalue weighted by Gasteiger charge is -2.19. The van der Waals surface area contributed by atoms with Crippen molar-refractivity contribution in [3.05, 3.63) is 70.3 Å². The van der Waals surface area contributed by atoms with Gasteiger partial charge in [0.2, 0.25) is 0 Å². The Morgan fingerprint density at radius 1 is 0.950 bits per heavy atom. The van der Waals surface area contributed by atoms with Crippen LogP contribution in [0.1, 0.15) is 40.3 Å². The Morgan fingerprint density at radius 3 is 2.35 bits per heavy atom. The van der Waals surface area contributed by atoms with Gasteiger partial charge in [0.15, 0.2) is 0 Å². The molecule has 1 N–H and O–H groups in total. The molecule has 0 fully saturated rings. The van der Waals surface area contributed by atoms with Crippen LogP contribution in [-0.2, 0) is 6.42 Å². The fraction of sp³-hybridized carbons (Fsp3) is 0.368. The number of nitrogens with one attached hydrogen (secondary N) is 1. The first-order chi connectivity index (χ1) is 9.60. The first-order valence-corrected chi connectivity index (χ1v) is 7.40. The van der Waals surface area contributed by atoms with Crippen molar-refractivity contribution in [1.82, 2.24) is 5.32 Å². The average molecular weight is 267 g/mol. The van der Waals surface area contributed by atoms with Crippen LogP contribution in [0.15, 0.2) is 42.5 Å². The minimum atomic E-state index is 0.427. The number of benzene rings is 2. The summed E-state index contributed by atoms with van der Waals surface area (Å²) in [5.74, 6) is 0. The molecule has 1 heteroatoms. The SMILES string of the molecule is CNC(CCc1cccc(C)c1)c1ccc(C)cc1C. The van der Waals surface area contributed by atoms with Crippen molar-refractivity contribution >= 4 is 0 Å². The van der Waals surface area contributed by atoms with E-state index in [-0.39, 0.29) is 0 Å². The summed E-state index contributed by atoms with van der Waals surface area (Å²) in [5.41, 5.74) is 6.91. The van der Waals surface area contributed by atoms with Gasteiger partial charge in [0.25, 0.3) is 0 Å². The molecule has 2 rings (SSSR count). The molecule has 20 heavy (non-hydrogen) atoms. The minimum Gasteiger partial charge on any atom is -0.313 e. The number of rotatable bonds is 5. The van der Waals surface area contributed by atoms with Gasteiger partial charge in [-0.25, -0.2) is 0 Å². The van der Waals surface area contributed by atoms with Crippen molar-refractivity contribution in [3.8, 4) is 0 Å². The third-order valence-corrected chi connectivity index (χ3v) is 3.95. The van der Waals surface area contributed by atoms with Gasteiger partial charge in [-0.1, -0.05) is 53.6 Å². The zero-order chi connectivity index (χ0) is 14.5. The highest BCUT2D eigenvalue weighted by Gasteiger charge is 2.11. The molecule has 0 aliphatic heterocycles. The van der Waals surface area contributed by atoms with Crippen molar-refractivity contribution in [2.75, 3.05) is 7.05 Å². The fourth-order valence-corrected chi connectivity index (χ4v) is 2.85. The Labute approximate surface area is 123 Å². The van der Waals surface area contributed by atoms with Gasteiger partial charge in [0.05, 0.1) is 0 Å². The summed E-state index contributed by atoms with van der Waals surface area (Å²) in [7, 11) is 2.06. The lowest BCUT2D eigenvalue weighted by atomic mass is 9.94. The summed E-state index contributed by atoms with van der Waals surface area (Å²) in [4.78, 5) is 0. The fourth-order valence-electron chi connectivity index (χ4n) is 2.85. The van der Waals surface area contributed by atoms with Crippen molar-refractivity contribution in [2.24, 2.45) is 0 Å². The number of aryl methyl sites for hydroxylation is 4. The van der Waals surface area contributed by atoms with E-state index in [1.54, 1.807) is 0 Å². The maximum absolute atomic E-state index is 3.46. The highest BCUT2D eigenvalue weighted by molar-refractivity contribution is 5.33. The highest BCUT2D eigenvalue weighted by Crippen LogP contribution is 2.23. The van der Waals surface area contributed by atoms with Gasteiger partial charge in [-0.05, 0) is 57.4 Å². The Hall–Kier alpha value is -1.60. The van der Waals surface area contributed by atoms with E-state index in [1.165, 1.54) is 27.8 Å². The van der Waals surface area contributed by atoms with Crippen LogP contribution in [0.4, 0.5) is 0 Å². The van der Waals surface area contributed by atoms with E-state index in [1.807, 2.05) is 0 Å². The molecule has 0 amide bonds. The summed E-state index contributed by atoms with van der Waals surface area (Å²) < 4.78 is 0. The molecule has 0 radical (unpaired) electrons. The quantitative estimate of drug-likeness (QED) is 0.840. The first kappa shape index (κ1) is 14.8. The van der Waals surface area contributed by atoms with Gasteiger partial charge in [-0.3, -0.25) is 0 Å². The molecule has 2 aromatic rings. The van der Waals surface area contributed by atoms with Gasteiger partial charge in [-0.2, -0.15) is 0 Å². The molecule has 0 aliphatic carbocycles. The molecule has 106 valence electrons. The molecule has 0 bridgehead atoms. The number of hydrogen-bond donors (Lipinski definition) is 1. The number of hydrogen-bond acceptors (Lipinski definition) is 1. The van der Waals surface area contributed by atoms with Gasteiger partial charge < -0.3 is 5.32 Å². The van der Waals surface area contributed by atoms with Gasteiger partial charge in [0.1, 0.15) is 0 Å². The van der Waals surface area contributed by atoms with E-state index in [9.17, 15) is 0 Å². The molecule has 0 saturated heterocycles. The Kier molecular flexibility index (Phi) is 4.97. The maximum Gasteiger partial charge on any atom is 0.0323 e. The van der Waals surface area contributed by atoms with Crippen LogP contribution >= 0.6 is 0 Å². The largest absolute Gasteiger partial charge is 0.313 e. The summed E-state index contributed by atoms with van der Waals surface area (Å²) in [6, 6.07) is 16.0. The molecule has 1 unspecified atom stereocenters. The highest BCUT2D eigenvalue weighted by atomic mass is 14.9. The maximum atomic E-state index is 3.46. The van der Waals surface area contributed by atoms with Crippen LogP contribution in [0.2, 0.25) is 0 Å². The smallest absolute Gasteiger partial charge is 0.0323 e. The van der Waals surface area contributed by atoms with Crippen LogP contribution in [0.5, 0.6) is 0 Å². The summed E-state index contributed by atoms with van der Waals surface area (Å²) in [6.45, 7) is 6.51. The molecule has 2 aromatic carbocycles. The molecule has 1 nitrogen and oxygen atoms in total. The second kappa shape index (κ2) is 6.71. The average Bonchev–Trinajstić information content (AvgIpc) is 2.41. The van der Waals surface area contributed by atoms with Crippen LogP contribution < -0.4 is 5.32 Å². The van der Waals surface area contributed by atoms with Crippen molar-refractivity contribution in [1.29, 1.82) is 0 Å². The van der Waals surface area contributed by atoms with Gasteiger partial charge >= 0.3 is 0 Å². The normalized spacial score (nSPS) is 12.4. The molecule has 0 aliphatic rings. The molecule has 0 aromatic heterocycles. The van der Waals surface area contributed by atoms with E-state index < -0.39 is 0 Å². The van der Waals surface area contributed by atoms with Crippen molar-refractivity contribution in [2.45, 2.75) is 39.7 Å². The lowest BCUT2D eigenvalue weighted by molar-refractivity contribution is 0.546.